The minimum atomic E-state index is -3.75. The van der Waals surface area contributed by atoms with Crippen LogP contribution < -0.4 is 10.0 Å². The van der Waals surface area contributed by atoms with Crippen molar-refractivity contribution in [2.75, 3.05) is 23.4 Å². The van der Waals surface area contributed by atoms with E-state index in [4.69, 9.17) is 0 Å². The van der Waals surface area contributed by atoms with Crippen molar-refractivity contribution in [3.63, 3.8) is 0 Å². The number of hydrogen-bond donors (Lipinski definition) is 2. The molecule has 0 saturated carbocycles. The molecule has 0 unspecified atom stereocenters. The van der Waals surface area contributed by atoms with E-state index < -0.39 is 10.0 Å². The third-order valence-electron chi connectivity index (χ3n) is 5.10. The number of aliphatic imine (C=N–C) groups is 1. The van der Waals surface area contributed by atoms with Crippen LogP contribution in [0.25, 0.3) is 0 Å². The van der Waals surface area contributed by atoms with Crippen LogP contribution in [0.1, 0.15) is 46.2 Å². The molecule has 9 heteroatoms. The van der Waals surface area contributed by atoms with Gasteiger partial charge in [0.05, 0.1) is 9.48 Å². The summed E-state index contributed by atoms with van der Waals surface area (Å²) in [6.07, 6.45) is 3.58. The molecule has 0 aliphatic carbocycles. The van der Waals surface area contributed by atoms with Crippen molar-refractivity contribution in [2.45, 2.75) is 35.2 Å². The summed E-state index contributed by atoms with van der Waals surface area (Å²) in [4.78, 5) is 17.1. The van der Waals surface area contributed by atoms with Gasteiger partial charge in [-0.2, -0.15) is 0 Å². The Bertz CT molecular complexity index is 1060. The minimum absolute atomic E-state index is 0.0999. The van der Waals surface area contributed by atoms with Crippen LogP contribution in [-0.2, 0) is 10.0 Å². The topological polar surface area (TPSA) is 87.6 Å². The number of amidine groups is 1. The Labute approximate surface area is 191 Å². The summed E-state index contributed by atoms with van der Waals surface area (Å²) in [5.74, 6) is 2.54. The van der Waals surface area contributed by atoms with E-state index in [2.05, 4.69) is 15.0 Å². The number of nitrogens with one attached hydrogen (secondary N) is 2. The number of amides is 1. The van der Waals surface area contributed by atoms with E-state index in [1.54, 1.807) is 12.1 Å². The largest absolute Gasteiger partial charge is 0.322 e. The number of anilines is 1. The Morgan fingerprint density at radius 3 is 2.55 bits per heavy atom. The molecule has 31 heavy (non-hydrogen) atoms. The predicted octanol–water partition coefficient (Wildman–Crippen LogP) is 4.67. The highest BCUT2D eigenvalue weighted by Crippen LogP contribution is 2.45. The van der Waals surface area contributed by atoms with Gasteiger partial charge in [0, 0.05) is 35.7 Å². The van der Waals surface area contributed by atoms with Crippen LogP contribution in [-0.4, -0.2) is 38.2 Å². The maximum Gasteiger partial charge on any atom is 0.262 e. The molecule has 1 saturated heterocycles. The second kappa shape index (κ2) is 10.1. The van der Waals surface area contributed by atoms with E-state index in [1.807, 2.05) is 47.8 Å². The van der Waals surface area contributed by atoms with E-state index in [9.17, 15) is 13.2 Å². The molecule has 1 fully saturated rings. The Hall–Kier alpha value is -1.97. The Balaban J connectivity index is 1.44. The summed E-state index contributed by atoms with van der Waals surface area (Å²) >= 11 is 3.84. The molecule has 0 spiro atoms. The second-order valence-corrected chi connectivity index (χ2v) is 11.8. The van der Waals surface area contributed by atoms with Gasteiger partial charge in [-0.3, -0.25) is 14.5 Å². The van der Waals surface area contributed by atoms with Gasteiger partial charge in [0.25, 0.3) is 15.9 Å². The number of carbonyl (C=O) groups is 1. The average Bonchev–Trinajstić information content (AvgIpc) is 3.20. The van der Waals surface area contributed by atoms with E-state index in [-0.39, 0.29) is 10.8 Å². The molecule has 4 rings (SSSR count). The first-order valence-corrected chi connectivity index (χ1v) is 13.9. The maximum absolute atomic E-state index is 12.8. The van der Waals surface area contributed by atoms with E-state index in [0.29, 0.717) is 34.6 Å². The zero-order valence-corrected chi connectivity index (χ0v) is 19.5. The first-order chi connectivity index (χ1) is 15.0. The first kappa shape index (κ1) is 22.2. The lowest BCUT2D eigenvalue weighted by Crippen LogP contribution is -2.30. The van der Waals surface area contributed by atoms with Crippen molar-refractivity contribution in [2.24, 2.45) is 4.99 Å². The maximum atomic E-state index is 12.8. The molecule has 2 aliphatic rings. The fourth-order valence-electron chi connectivity index (χ4n) is 3.46. The molecule has 0 atom stereocenters. The summed E-state index contributed by atoms with van der Waals surface area (Å²) < 4.78 is 28.6. The molecule has 2 heterocycles. The number of nitrogens with zero attached hydrogens (tertiary/aromatic N) is 1. The van der Waals surface area contributed by atoms with Gasteiger partial charge in [-0.05, 0) is 48.7 Å². The minimum Gasteiger partial charge on any atom is -0.322 e. The van der Waals surface area contributed by atoms with Gasteiger partial charge >= 0.3 is 0 Å². The quantitative estimate of drug-likeness (QED) is 0.656. The Morgan fingerprint density at radius 1 is 1.00 bits per heavy atom. The highest BCUT2D eigenvalue weighted by Gasteiger charge is 2.20. The van der Waals surface area contributed by atoms with Crippen LogP contribution in [0.3, 0.4) is 0 Å². The Morgan fingerprint density at radius 2 is 1.77 bits per heavy atom. The number of sulfonamides is 1. The van der Waals surface area contributed by atoms with E-state index in [1.165, 1.54) is 17.7 Å². The molecule has 6 nitrogen and oxygen atoms in total. The van der Waals surface area contributed by atoms with E-state index >= 15 is 0 Å². The molecular formula is C22H25N3O3S3. The highest BCUT2D eigenvalue weighted by molar-refractivity contribution is 8.19. The van der Waals surface area contributed by atoms with Gasteiger partial charge in [-0.25, -0.2) is 8.42 Å². The summed E-state index contributed by atoms with van der Waals surface area (Å²) in [7, 11) is -3.75. The molecule has 2 aromatic carbocycles. The van der Waals surface area contributed by atoms with Gasteiger partial charge in [0.2, 0.25) is 0 Å². The molecular weight excluding hydrogens is 450 g/mol. The first-order valence-electron chi connectivity index (χ1n) is 10.3. The molecule has 1 amide bonds. The van der Waals surface area contributed by atoms with Crippen molar-refractivity contribution in [1.29, 1.82) is 0 Å². The van der Waals surface area contributed by atoms with Crippen LogP contribution in [0.5, 0.6) is 0 Å². The third kappa shape index (κ3) is 5.84. The van der Waals surface area contributed by atoms with Crippen molar-refractivity contribution in [3.05, 3.63) is 59.7 Å². The van der Waals surface area contributed by atoms with Gasteiger partial charge in [0.15, 0.2) is 0 Å². The number of hydrogen-bond acceptors (Lipinski definition) is 6. The summed E-state index contributed by atoms with van der Waals surface area (Å²) in [5, 5.41) is 2.80. The Kier molecular flexibility index (Phi) is 7.24. The van der Waals surface area contributed by atoms with Crippen LogP contribution in [0, 0.1) is 0 Å². The lowest BCUT2D eigenvalue weighted by Gasteiger charge is -2.12. The van der Waals surface area contributed by atoms with Gasteiger partial charge < -0.3 is 5.32 Å². The standard InChI is InChI=1S/C22H25N3O3S3/c26-21(16-8-10-17(11-9-16)22-29-13-14-30-22)24-18-5-4-6-19(15-18)31(27,28)25-20-7-2-1-3-12-23-20/h4-6,8-11,15,22H,1-3,7,12-14H2,(H,23,25)(H,24,26). The van der Waals surface area contributed by atoms with Crippen LogP contribution in [0.2, 0.25) is 0 Å². The lowest BCUT2D eigenvalue weighted by atomic mass is 10.1. The van der Waals surface area contributed by atoms with Crippen LogP contribution in [0.15, 0.2) is 58.4 Å². The van der Waals surface area contributed by atoms with Crippen molar-refractivity contribution < 1.29 is 13.2 Å². The molecule has 2 N–H and O–H groups in total. The average molecular weight is 476 g/mol. The summed E-state index contributed by atoms with van der Waals surface area (Å²) in [6, 6.07) is 13.9. The second-order valence-electron chi connectivity index (χ2n) is 7.42. The van der Waals surface area contributed by atoms with Gasteiger partial charge in [0.1, 0.15) is 5.84 Å². The molecule has 0 radical (unpaired) electrons. The fourth-order valence-corrected chi connectivity index (χ4v) is 7.45. The van der Waals surface area contributed by atoms with Gasteiger partial charge in [-0.1, -0.05) is 24.6 Å². The van der Waals surface area contributed by atoms with Crippen molar-refractivity contribution >= 4 is 51.0 Å². The SMILES string of the molecule is O=C(Nc1cccc(S(=O)(=O)NC2=NCCCCC2)c1)c1ccc(C2SCCS2)cc1. The van der Waals surface area contributed by atoms with Gasteiger partial charge in [-0.15, -0.1) is 23.5 Å². The van der Waals surface area contributed by atoms with E-state index in [0.717, 1.165) is 30.8 Å². The zero-order chi connectivity index (χ0) is 21.7. The summed E-state index contributed by atoms with van der Waals surface area (Å²) in [6.45, 7) is 0.644. The normalized spacial score (nSPS) is 17.6. The molecule has 0 aromatic heterocycles. The number of thioether (sulfide) groups is 2. The highest BCUT2D eigenvalue weighted by atomic mass is 32.2. The fraction of sp³-hybridized carbons (Fsp3) is 0.364. The predicted molar refractivity (Wildman–Crippen MR) is 130 cm³/mol. The number of benzene rings is 2. The number of carbonyl (C=O) groups excluding carboxylic acids is 1. The van der Waals surface area contributed by atoms with Crippen molar-refractivity contribution in [1.82, 2.24) is 4.72 Å². The molecule has 2 aliphatic heterocycles. The third-order valence-corrected chi connectivity index (χ3v) is 9.58. The van der Waals surface area contributed by atoms with Crippen LogP contribution in [0.4, 0.5) is 5.69 Å². The van der Waals surface area contributed by atoms with Crippen molar-refractivity contribution in [3.8, 4) is 0 Å². The molecule has 2 aromatic rings. The number of rotatable bonds is 5. The van der Waals surface area contributed by atoms with Crippen LogP contribution >= 0.6 is 23.5 Å². The lowest BCUT2D eigenvalue weighted by molar-refractivity contribution is 0.102. The smallest absolute Gasteiger partial charge is 0.262 e. The zero-order valence-electron chi connectivity index (χ0n) is 17.0. The molecule has 164 valence electrons. The monoisotopic (exact) mass is 475 g/mol. The molecule has 0 bridgehead atoms. The summed E-state index contributed by atoms with van der Waals surface area (Å²) in [5.41, 5.74) is 2.18.